The summed E-state index contributed by atoms with van der Waals surface area (Å²) in [5.41, 5.74) is 1.41. The molecule has 1 N–H and O–H groups in total. The monoisotopic (exact) mass is 420 g/mol. The van der Waals surface area contributed by atoms with Gasteiger partial charge in [0.25, 0.3) is 11.7 Å². The number of rotatable bonds is 6. The van der Waals surface area contributed by atoms with Gasteiger partial charge in [-0.2, -0.15) is 0 Å². The molecule has 0 spiro atoms. The Labute approximate surface area is 182 Å². The van der Waals surface area contributed by atoms with E-state index in [4.69, 9.17) is 4.74 Å². The Balaban J connectivity index is 1.76. The average Bonchev–Trinajstić information content (AvgIpc) is 3.09. The zero-order valence-electron chi connectivity index (χ0n) is 17.8. The Kier molecular flexibility index (Phi) is 6.35. The van der Waals surface area contributed by atoms with E-state index >= 15 is 0 Å². The first-order valence-electron chi connectivity index (χ1n) is 11.0. The molecule has 0 radical (unpaired) electrons. The fourth-order valence-electron chi connectivity index (χ4n) is 4.54. The van der Waals surface area contributed by atoms with Crippen molar-refractivity contribution in [1.82, 2.24) is 9.88 Å². The van der Waals surface area contributed by atoms with Crippen LogP contribution in [0.3, 0.4) is 0 Å². The summed E-state index contributed by atoms with van der Waals surface area (Å²) in [5.74, 6) is -0.610. The Bertz CT molecular complexity index is 963. The lowest BCUT2D eigenvalue weighted by molar-refractivity contribution is -0.141. The summed E-state index contributed by atoms with van der Waals surface area (Å²) in [4.78, 5) is 32.0. The number of ketones is 1. The largest absolute Gasteiger partial charge is 0.507 e. The van der Waals surface area contributed by atoms with Crippen molar-refractivity contribution in [3.8, 4) is 5.75 Å². The van der Waals surface area contributed by atoms with Crippen molar-refractivity contribution in [3.63, 3.8) is 0 Å². The van der Waals surface area contributed by atoms with Crippen molar-refractivity contribution in [1.29, 1.82) is 0 Å². The highest BCUT2D eigenvalue weighted by atomic mass is 16.5. The molecule has 1 aliphatic carbocycles. The van der Waals surface area contributed by atoms with E-state index in [9.17, 15) is 14.7 Å². The van der Waals surface area contributed by atoms with Gasteiger partial charge in [0, 0.05) is 24.0 Å². The van der Waals surface area contributed by atoms with E-state index in [2.05, 4.69) is 4.98 Å². The van der Waals surface area contributed by atoms with Crippen LogP contribution in [0, 0.1) is 0 Å². The number of likely N-dealkylation sites (tertiary alicyclic amines) is 1. The number of aliphatic hydroxyl groups excluding tert-OH is 1. The van der Waals surface area contributed by atoms with E-state index in [0.717, 1.165) is 44.1 Å². The van der Waals surface area contributed by atoms with Crippen molar-refractivity contribution in [2.45, 2.75) is 57.5 Å². The molecule has 2 heterocycles. The zero-order valence-corrected chi connectivity index (χ0v) is 17.8. The van der Waals surface area contributed by atoms with Crippen molar-refractivity contribution < 1.29 is 19.4 Å². The number of aliphatic hydroxyl groups is 1. The van der Waals surface area contributed by atoms with E-state index in [1.54, 1.807) is 53.7 Å². The molecule has 1 aliphatic heterocycles. The van der Waals surface area contributed by atoms with Gasteiger partial charge < -0.3 is 14.7 Å². The number of aromatic nitrogens is 1. The molecule has 1 amide bonds. The van der Waals surface area contributed by atoms with Crippen LogP contribution in [0.2, 0.25) is 0 Å². The number of carbonyl (C=O) groups excluding carboxylic acids is 2. The molecule has 2 fully saturated rings. The lowest BCUT2D eigenvalue weighted by Gasteiger charge is -2.35. The normalized spacial score (nSPS) is 21.5. The summed E-state index contributed by atoms with van der Waals surface area (Å²) in [6, 6.07) is 9.98. The van der Waals surface area contributed by atoms with Gasteiger partial charge >= 0.3 is 0 Å². The van der Waals surface area contributed by atoms with Gasteiger partial charge in [0.05, 0.1) is 18.2 Å². The summed E-state index contributed by atoms with van der Waals surface area (Å²) >= 11 is 0. The second kappa shape index (κ2) is 9.33. The van der Waals surface area contributed by atoms with Gasteiger partial charge in [0.1, 0.15) is 11.5 Å². The molecule has 1 atom stereocenters. The Hall–Kier alpha value is -3.15. The summed E-state index contributed by atoms with van der Waals surface area (Å²) in [6.07, 6.45) is 9.17. The molecule has 1 saturated heterocycles. The third kappa shape index (κ3) is 4.20. The Morgan fingerprint density at radius 2 is 1.74 bits per heavy atom. The van der Waals surface area contributed by atoms with Gasteiger partial charge in [-0.25, -0.2) is 0 Å². The van der Waals surface area contributed by atoms with E-state index in [1.807, 2.05) is 6.92 Å². The van der Waals surface area contributed by atoms with Gasteiger partial charge in [-0.1, -0.05) is 26.2 Å². The molecule has 162 valence electrons. The number of benzene rings is 1. The fraction of sp³-hybridized carbons (Fsp3) is 0.400. The number of hydrogen-bond donors (Lipinski definition) is 1. The molecular formula is C25H28N2O4. The van der Waals surface area contributed by atoms with E-state index in [-0.39, 0.29) is 17.4 Å². The molecule has 1 aromatic carbocycles. The summed E-state index contributed by atoms with van der Waals surface area (Å²) in [5, 5.41) is 11.1. The number of pyridine rings is 1. The molecule has 4 rings (SSSR count). The van der Waals surface area contributed by atoms with Crippen LogP contribution in [0.25, 0.3) is 5.76 Å². The highest BCUT2D eigenvalue weighted by Gasteiger charge is 2.48. The van der Waals surface area contributed by atoms with E-state index in [0.29, 0.717) is 17.9 Å². The van der Waals surface area contributed by atoms with Crippen molar-refractivity contribution in [2.24, 2.45) is 0 Å². The topological polar surface area (TPSA) is 79.7 Å². The number of ether oxygens (including phenoxy) is 1. The second-order valence-electron chi connectivity index (χ2n) is 8.15. The van der Waals surface area contributed by atoms with Crippen molar-refractivity contribution in [2.75, 3.05) is 6.61 Å². The summed E-state index contributed by atoms with van der Waals surface area (Å²) < 4.78 is 5.61. The van der Waals surface area contributed by atoms with Gasteiger partial charge in [-0.3, -0.25) is 14.6 Å². The molecule has 1 saturated carbocycles. The maximum Gasteiger partial charge on any atom is 0.295 e. The summed E-state index contributed by atoms with van der Waals surface area (Å²) in [6.45, 7) is 2.64. The smallest absolute Gasteiger partial charge is 0.295 e. The molecular weight excluding hydrogens is 392 g/mol. The van der Waals surface area contributed by atoms with E-state index < -0.39 is 17.7 Å². The predicted octanol–water partition coefficient (Wildman–Crippen LogP) is 4.62. The number of hydrogen-bond acceptors (Lipinski definition) is 5. The van der Waals surface area contributed by atoms with Crippen LogP contribution in [0.15, 0.2) is 54.4 Å². The van der Waals surface area contributed by atoms with Crippen LogP contribution in [-0.2, 0) is 9.59 Å². The molecule has 6 nitrogen and oxygen atoms in total. The second-order valence-corrected chi connectivity index (χ2v) is 8.15. The van der Waals surface area contributed by atoms with Crippen LogP contribution < -0.4 is 4.74 Å². The number of nitrogens with zero attached hydrogens (tertiary/aromatic N) is 2. The number of amides is 1. The number of carbonyl (C=O) groups is 2. The van der Waals surface area contributed by atoms with Crippen LogP contribution in [0.5, 0.6) is 5.75 Å². The first-order chi connectivity index (χ1) is 15.1. The summed E-state index contributed by atoms with van der Waals surface area (Å²) in [7, 11) is 0. The third-order valence-corrected chi connectivity index (χ3v) is 6.07. The van der Waals surface area contributed by atoms with Crippen LogP contribution in [-0.4, -0.2) is 39.3 Å². The van der Waals surface area contributed by atoms with Crippen LogP contribution in [0.1, 0.15) is 62.6 Å². The fourth-order valence-corrected chi connectivity index (χ4v) is 4.54. The van der Waals surface area contributed by atoms with Gasteiger partial charge in [0.15, 0.2) is 0 Å². The quantitative estimate of drug-likeness (QED) is 0.419. The minimum Gasteiger partial charge on any atom is -0.507 e. The lowest BCUT2D eigenvalue weighted by atomic mass is 9.91. The zero-order chi connectivity index (χ0) is 21.8. The van der Waals surface area contributed by atoms with Crippen LogP contribution in [0.4, 0.5) is 0 Å². The minimum absolute atomic E-state index is 0.00140. The maximum absolute atomic E-state index is 13.1. The Morgan fingerprint density at radius 1 is 1.06 bits per heavy atom. The Morgan fingerprint density at radius 3 is 2.39 bits per heavy atom. The molecule has 1 unspecified atom stereocenters. The number of Topliss-reactive ketones (excluding diaryl/α,β-unsaturated/α-hetero) is 1. The SMILES string of the molecule is CCCOc1ccc(/C(O)=C2/C(=O)C(=O)N(C3CCCCC3)C2c2ccncc2)cc1. The molecule has 6 heteroatoms. The van der Waals surface area contributed by atoms with Gasteiger partial charge in [-0.05, 0) is 61.2 Å². The minimum atomic E-state index is -0.629. The predicted molar refractivity (Wildman–Crippen MR) is 117 cm³/mol. The van der Waals surface area contributed by atoms with Crippen molar-refractivity contribution >= 4 is 17.4 Å². The molecule has 2 aromatic rings. The molecule has 1 aromatic heterocycles. The van der Waals surface area contributed by atoms with E-state index in [1.165, 1.54) is 0 Å². The maximum atomic E-state index is 13.1. The first-order valence-corrected chi connectivity index (χ1v) is 11.0. The average molecular weight is 421 g/mol. The first kappa shape index (κ1) is 21.1. The highest BCUT2D eigenvalue weighted by molar-refractivity contribution is 6.46. The standard InChI is InChI=1S/C25H28N2O4/c1-2-16-31-20-10-8-18(9-11-20)23(28)21-22(17-12-14-26-15-13-17)27(25(30)24(21)29)19-6-4-3-5-7-19/h8-15,19,22,28H,2-7,16H2,1H3/b23-21-. The lowest BCUT2D eigenvalue weighted by Crippen LogP contribution is -2.40. The molecule has 0 bridgehead atoms. The highest BCUT2D eigenvalue weighted by Crippen LogP contribution is 2.42. The van der Waals surface area contributed by atoms with Crippen LogP contribution >= 0.6 is 0 Å². The van der Waals surface area contributed by atoms with Gasteiger partial charge in [-0.15, -0.1) is 0 Å². The molecule has 2 aliphatic rings. The van der Waals surface area contributed by atoms with Crippen molar-refractivity contribution in [3.05, 3.63) is 65.5 Å². The van der Waals surface area contributed by atoms with Gasteiger partial charge in [0.2, 0.25) is 0 Å². The molecule has 31 heavy (non-hydrogen) atoms. The third-order valence-electron chi connectivity index (χ3n) is 6.07.